The third-order valence-electron chi connectivity index (χ3n) is 6.24. The number of carbonyl (C=O) groups excluding carboxylic acids is 3. The molecule has 3 aromatic carbocycles. The minimum absolute atomic E-state index is 0.105. The first-order valence-electron chi connectivity index (χ1n) is 12.3. The second-order valence-corrected chi connectivity index (χ2v) is 8.83. The molecule has 0 bridgehead atoms. The number of anilines is 2. The summed E-state index contributed by atoms with van der Waals surface area (Å²) in [5, 5.41) is 2.81. The average Bonchev–Trinajstić information content (AvgIpc) is 3.14. The lowest BCUT2D eigenvalue weighted by Crippen LogP contribution is -2.37. The quantitative estimate of drug-likeness (QED) is 0.389. The number of carbonyl (C=O) groups is 3. The minimum Gasteiger partial charge on any atom is -0.494 e. The summed E-state index contributed by atoms with van der Waals surface area (Å²) in [4.78, 5) is 42.7. The fourth-order valence-corrected chi connectivity index (χ4v) is 4.31. The molecule has 9 nitrogen and oxygen atoms in total. The van der Waals surface area contributed by atoms with Crippen LogP contribution in [0.5, 0.6) is 17.2 Å². The Morgan fingerprint density at radius 2 is 1.61 bits per heavy atom. The van der Waals surface area contributed by atoms with E-state index in [1.165, 1.54) is 12.0 Å². The van der Waals surface area contributed by atoms with Gasteiger partial charge in [0, 0.05) is 12.2 Å². The minimum atomic E-state index is -0.986. The predicted octanol–water partition coefficient (Wildman–Crippen LogP) is 4.78. The lowest BCUT2D eigenvalue weighted by atomic mass is 10.1. The van der Waals surface area contributed by atoms with Gasteiger partial charge in [0.25, 0.3) is 5.91 Å². The zero-order chi connectivity index (χ0) is 27.2. The van der Waals surface area contributed by atoms with Crippen LogP contribution in [-0.2, 0) is 16.1 Å². The van der Waals surface area contributed by atoms with Crippen LogP contribution in [0.2, 0.25) is 0 Å². The Morgan fingerprint density at radius 1 is 0.921 bits per heavy atom. The van der Waals surface area contributed by atoms with Crippen LogP contribution in [0.25, 0.3) is 0 Å². The summed E-state index contributed by atoms with van der Waals surface area (Å²) in [6.07, 6.45) is -0.201. The van der Waals surface area contributed by atoms with E-state index in [2.05, 4.69) is 5.32 Å². The van der Waals surface area contributed by atoms with E-state index in [-0.39, 0.29) is 18.9 Å². The zero-order valence-electron chi connectivity index (χ0n) is 21.9. The van der Waals surface area contributed by atoms with Crippen LogP contribution in [0.3, 0.4) is 0 Å². The van der Waals surface area contributed by atoms with Crippen LogP contribution in [-0.4, -0.2) is 49.6 Å². The van der Waals surface area contributed by atoms with Crippen molar-refractivity contribution in [1.82, 2.24) is 4.90 Å². The molecule has 0 saturated carbocycles. The number of ether oxygens (including phenoxy) is 3. The summed E-state index contributed by atoms with van der Waals surface area (Å²) in [5.41, 5.74) is 2.75. The SMILES string of the molecule is CCOc1ccc(NC(=O)CC2C(=O)N(c3ccc(C)cc3)C(=O)N2Cc2ccc(OC)c(OC)c2)cc1. The van der Waals surface area contributed by atoms with Gasteiger partial charge in [-0.2, -0.15) is 0 Å². The molecular formula is C29H31N3O6. The average molecular weight is 518 g/mol. The highest BCUT2D eigenvalue weighted by Gasteiger charge is 2.46. The van der Waals surface area contributed by atoms with Gasteiger partial charge in [0.15, 0.2) is 11.5 Å². The van der Waals surface area contributed by atoms with Crippen LogP contribution in [0.4, 0.5) is 16.2 Å². The maximum Gasteiger partial charge on any atom is 0.332 e. The number of hydrogen-bond acceptors (Lipinski definition) is 6. The van der Waals surface area contributed by atoms with Crippen LogP contribution >= 0.6 is 0 Å². The van der Waals surface area contributed by atoms with Crippen molar-refractivity contribution in [1.29, 1.82) is 0 Å². The number of hydrogen-bond donors (Lipinski definition) is 1. The van der Waals surface area contributed by atoms with E-state index in [9.17, 15) is 14.4 Å². The third-order valence-corrected chi connectivity index (χ3v) is 6.24. The molecular weight excluding hydrogens is 486 g/mol. The van der Waals surface area contributed by atoms with E-state index in [1.54, 1.807) is 61.7 Å². The van der Waals surface area contributed by atoms with E-state index in [4.69, 9.17) is 14.2 Å². The van der Waals surface area contributed by atoms with Gasteiger partial charge in [0.2, 0.25) is 5.91 Å². The molecule has 3 aromatic rings. The smallest absolute Gasteiger partial charge is 0.332 e. The molecule has 0 radical (unpaired) electrons. The van der Waals surface area contributed by atoms with Crippen molar-refractivity contribution >= 4 is 29.2 Å². The second kappa shape index (κ2) is 11.7. The summed E-state index contributed by atoms with van der Waals surface area (Å²) in [7, 11) is 3.07. The number of benzene rings is 3. The van der Waals surface area contributed by atoms with Gasteiger partial charge in [-0.1, -0.05) is 23.8 Å². The molecule has 1 fully saturated rings. The molecule has 38 heavy (non-hydrogen) atoms. The Hall–Kier alpha value is -4.53. The first kappa shape index (κ1) is 26.5. The first-order valence-corrected chi connectivity index (χ1v) is 12.3. The first-order chi connectivity index (χ1) is 18.3. The number of urea groups is 1. The molecule has 1 unspecified atom stereocenters. The highest BCUT2D eigenvalue weighted by molar-refractivity contribution is 6.22. The number of nitrogens with zero attached hydrogens (tertiary/aromatic N) is 2. The van der Waals surface area contributed by atoms with Gasteiger partial charge in [0.1, 0.15) is 11.8 Å². The number of imide groups is 1. The Kier molecular flexibility index (Phi) is 8.15. The molecule has 4 amide bonds. The highest BCUT2D eigenvalue weighted by Crippen LogP contribution is 2.32. The molecule has 0 aromatic heterocycles. The van der Waals surface area contributed by atoms with Crippen molar-refractivity contribution in [2.45, 2.75) is 32.9 Å². The second-order valence-electron chi connectivity index (χ2n) is 8.83. The largest absolute Gasteiger partial charge is 0.494 e. The molecule has 4 rings (SSSR count). The Morgan fingerprint density at radius 3 is 2.24 bits per heavy atom. The van der Waals surface area contributed by atoms with Crippen LogP contribution < -0.4 is 24.4 Å². The molecule has 1 heterocycles. The van der Waals surface area contributed by atoms with Gasteiger partial charge < -0.3 is 24.4 Å². The summed E-state index contributed by atoms with van der Waals surface area (Å²) in [5.74, 6) is 0.900. The molecule has 1 aliphatic rings. The predicted molar refractivity (Wildman–Crippen MR) is 144 cm³/mol. The van der Waals surface area contributed by atoms with Gasteiger partial charge in [-0.15, -0.1) is 0 Å². The molecule has 1 atom stereocenters. The molecule has 0 spiro atoms. The molecule has 1 saturated heterocycles. The van der Waals surface area contributed by atoms with E-state index in [0.29, 0.717) is 35.2 Å². The lowest BCUT2D eigenvalue weighted by Gasteiger charge is -2.22. The fraction of sp³-hybridized carbons (Fsp3) is 0.276. The maximum atomic E-state index is 13.6. The van der Waals surface area contributed by atoms with Crippen LogP contribution in [0, 0.1) is 6.92 Å². The van der Waals surface area contributed by atoms with Crippen molar-refractivity contribution in [3.63, 3.8) is 0 Å². The maximum absolute atomic E-state index is 13.6. The summed E-state index contributed by atoms with van der Waals surface area (Å²) >= 11 is 0. The summed E-state index contributed by atoms with van der Waals surface area (Å²) in [6, 6.07) is 17.9. The molecule has 1 aliphatic heterocycles. The number of nitrogens with one attached hydrogen (secondary N) is 1. The van der Waals surface area contributed by atoms with Crippen molar-refractivity contribution in [2.75, 3.05) is 31.0 Å². The standard InChI is InChI=1S/C29H31N3O6/c1-5-38-23-13-9-21(10-14-23)30-27(33)17-24-28(34)32(22-11-6-19(2)7-12-22)29(35)31(24)18-20-8-15-25(36-3)26(16-20)37-4/h6-16,24H,5,17-18H2,1-4H3,(H,30,33). The molecule has 9 heteroatoms. The van der Waals surface area contributed by atoms with Crippen molar-refractivity contribution in [3.05, 3.63) is 77.9 Å². The Bertz CT molecular complexity index is 1310. The van der Waals surface area contributed by atoms with Gasteiger partial charge in [0.05, 0.1) is 32.9 Å². The Labute approximate surface area is 221 Å². The van der Waals surface area contributed by atoms with E-state index in [0.717, 1.165) is 16.0 Å². The number of rotatable bonds is 10. The normalized spacial score (nSPS) is 15.0. The molecule has 1 N–H and O–H groups in total. The molecule has 0 aliphatic carbocycles. The Balaban J connectivity index is 1.59. The highest BCUT2D eigenvalue weighted by atomic mass is 16.5. The van der Waals surface area contributed by atoms with E-state index in [1.807, 2.05) is 26.0 Å². The number of aryl methyl sites for hydroxylation is 1. The monoisotopic (exact) mass is 517 g/mol. The van der Waals surface area contributed by atoms with Gasteiger partial charge in [-0.05, 0) is 67.9 Å². The third kappa shape index (κ3) is 5.72. The zero-order valence-corrected chi connectivity index (χ0v) is 21.9. The number of amides is 4. The lowest BCUT2D eigenvalue weighted by molar-refractivity contribution is -0.124. The van der Waals surface area contributed by atoms with Crippen LogP contribution in [0.15, 0.2) is 66.7 Å². The fourth-order valence-electron chi connectivity index (χ4n) is 4.31. The topological polar surface area (TPSA) is 97.4 Å². The van der Waals surface area contributed by atoms with Gasteiger partial charge >= 0.3 is 6.03 Å². The van der Waals surface area contributed by atoms with Crippen LogP contribution in [0.1, 0.15) is 24.5 Å². The van der Waals surface area contributed by atoms with Crippen molar-refractivity contribution in [2.24, 2.45) is 0 Å². The van der Waals surface area contributed by atoms with E-state index < -0.39 is 18.0 Å². The summed E-state index contributed by atoms with van der Waals surface area (Å²) < 4.78 is 16.1. The summed E-state index contributed by atoms with van der Waals surface area (Å²) in [6.45, 7) is 4.46. The van der Waals surface area contributed by atoms with Crippen molar-refractivity contribution in [3.8, 4) is 17.2 Å². The van der Waals surface area contributed by atoms with Crippen molar-refractivity contribution < 1.29 is 28.6 Å². The molecule has 198 valence electrons. The van der Waals surface area contributed by atoms with Gasteiger partial charge in [-0.3, -0.25) is 9.59 Å². The van der Waals surface area contributed by atoms with E-state index >= 15 is 0 Å². The van der Waals surface area contributed by atoms with Gasteiger partial charge in [-0.25, -0.2) is 9.69 Å². The number of methoxy groups -OCH3 is 2.